The molecule has 0 saturated heterocycles. The van der Waals surface area contributed by atoms with Gasteiger partial charge < -0.3 is 4.57 Å². The van der Waals surface area contributed by atoms with E-state index in [0.29, 0.717) is 0 Å². The standard InChI is InChI=1S/C46H29N3/c1-2-13-33(14-3-1)47-41-20-10-7-16-36(41)39-28-31(24-27-43(39)47)30-22-25-34(26-23-30)48-42-21-11-8-18-38(42)45-37-17-6-5-15-35(37)44-29-32-12-4-9-19-40(32)49(44)46(45)48/h1-29H. The molecule has 3 heteroatoms. The maximum absolute atomic E-state index is 2.47. The highest BCUT2D eigenvalue weighted by Gasteiger charge is 2.21. The number of rotatable bonds is 3. The van der Waals surface area contributed by atoms with Crippen LogP contribution in [0, 0.1) is 0 Å². The van der Waals surface area contributed by atoms with E-state index in [1.165, 1.54) is 87.7 Å². The summed E-state index contributed by atoms with van der Waals surface area (Å²) in [5.41, 5.74) is 12.0. The third kappa shape index (κ3) is 3.67. The fraction of sp³-hybridized carbons (Fsp3) is 0. The Morgan fingerprint density at radius 2 is 0.857 bits per heavy atom. The predicted molar refractivity (Wildman–Crippen MR) is 207 cm³/mol. The summed E-state index contributed by atoms with van der Waals surface area (Å²) in [5, 5.41) is 8.87. The van der Waals surface area contributed by atoms with E-state index in [0.717, 1.165) is 5.69 Å². The van der Waals surface area contributed by atoms with Crippen LogP contribution in [0.3, 0.4) is 0 Å². The van der Waals surface area contributed by atoms with Crippen LogP contribution >= 0.6 is 0 Å². The molecule has 0 radical (unpaired) electrons. The van der Waals surface area contributed by atoms with Gasteiger partial charge in [0.25, 0.3) is 0 Å². The fourth-order valence-corrected chi connectivity index (χ4v) is 8.28. The van der Waals surface area contributed by atoms with E-state index < -0.39 is 0 Å². The van der Waals surface area contributed by atoms with Crippen LogP contribution in [0.15, 0.2) is 176 Å². The molecular formula is C46H29N3. The van der Waals surface area contributed by atoms with E-state index in [2.05, 4.69) is 189 Å². The lowest BCUT2D eigenvalue weighted by Gasteiger charge is -2.13. The van der Waals surface area contributed by atoms with E-state index in [9.17, 15) is 0 Å². The van der Waals surface area contributed by atoms with Gasteiger partial charge >= 0.3 is 0 Å². The Kier molecular flexibility index (Phi) is 5.38. The predicted octanol–water partition coefficient (Wildman–Crippen LogP) is 12.1. The molecule has 0 aliphatic rings. The molecule has 0 N–H and O–H groups in total. The van der Waals surface area contributed by atoms with Crippen molar-refractivity contribution in [1.29, 1.82) is 0 Å². The highest BCUT2D eigenvalue weighted by Crippen LogP contribution is 2.41. The van der Waals surface area contributed by atoms with Crippen molar-refractivity contribution >= 4 is 70.9 Å². The maximum atomic E-state index is 2.47. The zero-order valence-electron chi connectivity index (χ0n) is 26.6. The summed E-state index contributed by atoms with van der Waals surface area (Å²) in [7, 11) is 0. The number of aromatic nitrogens is 3. The Balaban J connectivity index is 1.14. The molecule has 0 bridgehead atoms. The number of para-hydroxylation sites is 4. The van der Waals surface area contributed by atoms with Crippen LogP contribution < -0.4 is 0 Å². The summed E-state index contributed by atoms with van der Waals surface area (Å²) in [6, 6.07) is 64.2. The average Bonchev–Trinajstić information content (AvgIpc) is 3.83. The number of fused-ring (bicyclic) bond motifs is 13. The van der Waals surface area contributed by atoms with Crippen LogP contribution in [0.2, 0.25) is 0 Å². The number of benzene rings is 7. The van der Waals surface area contributed by atoms with Crippen LogP contribution in [0.1, 0.15) is 0 Å². The number of nitrogens with zero attached hydrogens (tertiary/aromatic N) is 3. The van der Waals surface area contributed by atoms with Crippen molar-refractivity contribution in [3.05, 3.63) is 176 Å². The van der Waals surface area contributed by atoms with Gasteiger partial charge in [-0.3, -0.25) is 8.97 Å². The van der Waals surface area contributed by atoms with Crippen molar-refractivity contribution in [2.24, 2.45) is 0 Å². The zero-order valence-corrected chi connectivity index (χ0v) is 26.6. The van der Waals surface area contributed by atoms with Crippen molar-refractivity contribution in [2.45, 2.75) is 0 Å². The first-order chi connectivity index (χ1) is 24.3. The molecule has 0 atom stereocenters. The smallest absolute Gasteiger partial charge is 0.131 e. The maximum Gasteiger partial charge on any atom is 0.131 e. The summed E-state index contributed by atoms with van der Waals surface area (Å²) in [4.78, 5) is 0. The van der Waals surface area contributed by atoms with E-state index in [-0.39, 0.29) is 0 Å². The number of hydrogen-bond acceptors (Lipinski definition) is 0. The normalized spacial score (nSPS) is 12.1. The summed E-state index contributed by atoms with van der Waals surface area (Å²) in [6.45, 7) is 0. The van der Waals surface area contributed by atoms with E-state index in [1.54, 1.807) is 0 Å². The summed E-state index contributed by atoms with van der Waals surface area (Å²) >= 11 is 0. The Hall–Kier alpha value is -6.58. The van der Waals surface area contributed by atoms with Gasteiger partial charge in [-0.25, -0.2) is 0 Å². The van der Waals surface area contributed by atoms with Crippen LogP contribution in [0.4, 0.5) is 0 Å². The quantitative estimate of drug-likeness (QED) is 0.186. The Labute approximate surface area is 282 Å². The molecule has 0 saturated carbocycles. The van der Waals surface area contributed by atoms with Gasteiger partial charge in [-0.2, -0.15) is 0 Å². The second kappa shape index (κ2) is 9.96. The highest BCUT2D eigenvalue weighted by molar-refractivity contribution is 6.24. The minimum Gasteiger partial charge on any atom is -0.309 e. The van der Waals surface area contributed by atoms with Crippen LogP contribution in [-0.4, -0.2) is 13.5 Å². The van der Waals surface area contributed by atoms with Crippen LogP contribution in [0.25, 0.3) is 93.4 Å². The van der Waals surface area contributed by atoms with E-state index in [1.807, 2.05) is 0 Å². The third-order valence-electron chi connectivity index (χ3n) is 10.4. The van der Waals surface area contributed by atoms with Crippen molar-refractivity contribution in [3.63, 3.8) is 0 Å². The van der Waals surface area contributed by atoms with Crippen LogP contribution in [0.5, 0.6) is 0 Å². The first-order valence-corrected chi connectivity index (χ1v) is 16.9. The topological polar surface area (TPSA) is 14.3 Å². The summed E-state index contributed by atoms with van der Waals surface area (Å²) in [5.74, 6) is 0. The minimum atomic E-state index is 1.14. The van der Waals surface area contributed by atoms with Gasteiger partial charge in [0.05, 0.1) is 27.6 Å². The van der Waals surface area contributed by atoms with Gasteiger partial charge in [0.2, 0.25) is 0 Å². The molecule has 11 rings (SSSR count). The Bertz CT molecular complexity index is 3080. The molecule has 7 aromatic carbocycles. The third-order valence-corrected chi connectivity index (χ3v) is 10.4. The molecule has 4 aromatic heterocycles. The molecule has 0 amide bonds. The van der Waals surface area contributed by atoms with E-state index >= 15 is 0 Å². The molecule has 11 aromatic rings. The number of pyridine rings is 1. The van der Waals surface area contributed by atoms with Gasteiger partial charge in [-0.15, -0.1) is 0 Å². The zero-order chi connectivity index (χ0) is 32.1. The molecular weight excluding hydrogens is 595 g/mol. The lowest BCUT2D eigenvalue weighted by atomic mass is 10.0. The lowest BCUT2D eigenvalue weighted by Crippen LogP contribution is -1.99. The molecule has 0 fully saturated rings. The lowest BCUT2D eigenvalue weighted by molar-refractivity contribution is 1.12. The monoisotopic (exact) mass is 623 g/mol. The molecule has 49 heavy (non-hydrogen) atoms. The summed E-state index contributed by atoms with van der Waals surface area (Å²) < 4.78 is 7.30. The molecule has 0 unspecified atom stereocenters. The SMILES string of the molecule is c1ccc(-n2c3ccccc3c3cc(-c4ccc(-n5c6ccccc6c6c7ccccc7c7cc8ccccc8n7c65)cc4)ccc32)cc1. The second-order valence-corrected chi connectivity index (χ2v) is 13.0. The number of hydrogen-bond donors (Lipinski definition) is 0. The van der Waals surface area contributed by atoms with Gasteiger partial charge in [-0.05, 0) is 77.2 Å². The van der Waals surface area contributed by atoms with Crippen molar-refractivity contribution in [2.75, 3.05) is 0 Å². The largest absolute Gasteiger partial charge is 0.309 e. The van der Waals surface area contributed by atoms with Gasteiger partial charge in [0, 0.05) is 43.7 Å². The average molecular weight is 624 g/mol. The van der Waals surface area contributed by atoms with Crippen LogP contribution in [-0.2, 0) is 0 Å². The molecule has 0 aliphatic heterocycles. The Morgan fingerprint density at radius 3 is 1.63 bits per heavy atom. The molecule has 0 aliphatic carbocycles. The molecule has 3 nitrogen and oxygen atoms in total. The molecule has 228 valence electrons. The van der Waals surface area contributed by atoms with Gasteiger partial charge in [0.1, 0.15) is 5.65 Å². The van der Waals surface area contributed by atoms with Crippen molar-refractivity contribution < 1.29 is 0 Å². The second-order valence-electron chi connectivity index (χ2n) is 13.0. The summed E-state index contributed by atoms with van der Waals surface area (Å²) in [6.07, 6.45) is 0. The Morgan fingerprint density at radius 1 is 0.306 bits per heavy atom. The van der Waals surface area contributed by atoms with Crippen molar-refractivity contribution in [3.8, 4) is 22.5 Å². The first-order valence-electron chi connectivity index (χ1n) is 16.9. The van der Waals surface area contributed by atoms with E-state index in [4.69, 9.17) is 0 Å². The minimum absolute atomic E-state index is 1.14. The van der Waals surface area contributed by atoms with Crippen molar-refractivity contribution in [1.82, 2.24) is 13.5 Å². The first kappa shape index (κ1) is 26.5. The van der Waals surface area contributed by atoms with Gasteiger partial charge in [0.15, 0.2) is 0 Å². The fourth-order valence-electron chi connectivity index (χ4n) is 8.28. The van der Waals surface area contributed by atoms with Gasteiger partial charge in [-0.1, -0.05) is 115 Å². The molecule has 0 spiro atoms. The molecule has 4 heterocycles. The highest BCUT2D eigenvalue weighted by atomic mass is 15.1.